The van der Waals surface area contributed by atoms with Crippen LogP contribution in [0, 0.1) is 20.8 Å². The molecular formula is C9H11N5. The summed E-state index contributed by atoms with van der Waals surface area (Å²) in [7, 11) is 0. The Morgan fingerprint density at radius 2 is 1.57 bits per heavy atom. The molecule has 0 amide bonds. The molecule has 2 rings (SSSR count). The lowest BCUT2D eigenvalue weighted by Gasteiger charge is -2.05. The third-order valence-electron chi connectivity index (χ3n) is 2.12. The van der Waals surface area contributed by atoms with Gasteiger partial charge in [0, 0.05) is 0 Å². The molecule has 5 heteroatoms. The molecule has 72 valence electrons. The second kappa shape index (κ2) is 2.87. The fourth-order valence-electron chi connectivity index (χ4n) is 1.38. The Morgan fingerprint density at radius 3 is 2.29 bits per heavy atom. The van der Waals surface area contributed by atoms with Crippen molar-refractivity contribution in [3.8, 4) is 0 Å². The summed E-state index contributed by atoms with van der Waals surface area (Å²) in [5, 5.41) is 7.91. The summed E-state index contributed by atoms with van der Waals surface area (Å²) in [4.78, 5) is 8.55. The highest BCUT2D eigenvalue weighted by Crippen LogP contribution is 2.20. The van der Waals surface area contributed by atoms with E-state index in [9.17, 15) is 0 Å². The van der Waals surface area contributed by atoms with Crippen molar-refractivity contribution in [3.63, 3.8) is 0 Å². The second-order valence-corrected chi connectivity index (χ2v) is 3.25. The SMILES string of the molecule is Cc1nnc2c(N)c(C)nc(C)c2n1. The number of hydrogen-bond donors (Lipinski definition) is 1. The molecule has 14 heavy (non-hydrogen) atoms. The fourth-order valence-corrected chi connectivity index (χ4v) is 1.38. The van der Waals surface area contributed by atoms with Crippen molar-refractivity contribution in [2.75, 3.05) is 5.73 Å². The van der Waals surface area contributed by atoms with Gasteiger partial charge in [0.2, 0.25) is 0 Å². The first-order valence-electron chi connectivity index (χ1n) is 4.33. The maximum Gasteiger partial charge on any atom is 0.148 e. The van der Waals surface area contributed by atoms with Gasteiger partial charge in [-0.1, -0.05) is 0 Å². The van der Waals surface area contributed by atoms with Crippen LogP contribution < -0.4 is 5.73 Å². The van der Waals surface area contributed by atoms with Gasteiger partial charge < -0.3 is 5.73 Å². The molecule has 0 aliphatic heterocycles. The number of rotatable bonds is 0. The normalized spacial score (nSPS) is 10.8. The predicted molar refractivity (Wildman–Crippen MR) is 53.8 cm³/mol. The van der Waals surface area contributed by atoms with Crippen molar-refractivity contribution >= 4 is 16.7 Å². The lowest BCUT2D eigenvalue weighted by atomic mass is 10.2. The Balaban J connectivity index is 2.94. The molecule has 0 spiro atoms. The third kappa shape index (κ3) is 1.17. The van der Waals surface area contributed by atoms with E-state index < -0.39 is 0 Å². The Kier molecular flexibility index (Phi) is 1.80. The molecule has 0 bridgehead atoms. The number of nitrogen functional groups attached to an aromatic ring is 1. The zero-order valence-electron chi connectivity index (χ0n) is 8.37. The molecule has 0 saturated carbocycles. The molecule has 2 heterocycles. The summed E-state index contributed by atoms with van der Waals surface area (Å²) in [6, 6.07) is 0. The maximum atomic E-state index is 5.83. The van der Waals surface area contributed by atoms with Gasteiger partial charge in [-0.25, -0.2) is 4.98 Å². The summed E-state index contributed by atoms with van der Waals surface area (Å²) >= 11 is 0. The molecule has 0 aliphatic carbocycles. The van der Waals surface area contributed by atoms with E-state index in [4.69, 9.17) is 5.73 Å². The van der Waals surface area contributed by atoms with Crippen LogP contribution in [-0.2, 0) is 0 Å². The Hall–Kier alpha value is -1.78. The molecule has 0 radical (unpaired) electrons. The number of nitrogens with zero attached hydrogens (tertiary/aromatic N) is 4. The number of pyridine rings is 1. The van der Waals surface area contributed by atoms with Crippen LogP contribution >= 0.6 is 0 Å². The topological polar surface area (TPSA) is 77.6 Å². The Labute approximate surface area is 81.4 Å². The van der Waals surface area contributed by atoms with E-state index in [2.05, 4.69) is 20.2 Å². The summed E-state index contributed by atoms with van der Waals surface area (Å²) in [5.74, 6) is 0.630. The number of anilines is 1. The first kappa shape index (κ1) is 8.80. The highest BCUT2D eigenvalue weighted by molar-refractivity contribution is 5.88. The van der Waals surface area contributed by atoms with Crippen LogP contribution in [0.15, 0.2) is 0 Å². The second-order valence-electron chi connectivity index (χ2n) is 3.25. The van der Waals surface area contributed by atoms with E-state index in [1.165, 1.54) is 0 Å². The number of hydrogen-bond acceptors (Lipinski definition) is 5. The first-order valence-corrected chi connectivity index (χ1v) is 4.33. The molecule has 2 aromatic heterocycles. The summed E-state index contributed by atoms with van der Waals surface area (Å²) in [6.07, 6.45) is 0. The molecule has 5 nitrogen and oxygen atoms in total. The largest absolute Gasteiger partial charge is 0.395 e. The molecule has 0 atom stereocenters. The number of aromatic nitrogens is 4. The van der Waals surface area contributed by atoms with Crippen LogP contribution in [0.2, 0.25) is 0 Å². The molecule has 2 N–H and O–H groups in total. The lowest BCUT2D eigenvalue weighted by molar-refractivity contribution is 0.942. The monoisotopic (exact) mass is 189 g/mol. The van der Waals surface area contributed by atoms with Gasteiger partial charge in [0.05, 0.1) is 17.1 Å². The summed E-state index contributed by atoms with van der Waals surface area (Å²) < 4.78 is 0. The zero-order chi connectivity index (χ0) is 10.3. The van der Waals surface area contributed by atoms with Crippen LogP contribution in [-0.4, -0.2) is 20.2 Å². The molecule has 2 aromatic rings. The van der Waals surface area contributed by atoms with Crippen molar-refractivity contribution in [1.82, 2.24) is 20.2 Å². The smallest absolute Gasteiger partial charge is 0.148 e. The first-order chi connectivity index (χ1) is 6.59. The summed E-state index contributed by atoms with van der Waals surface area (Å²) in [5.41, 5.74) is 9.38. The molecular weight excluding hydrogens is 178 g/mol. The predicted octanol–water partition coefficient (Wildman–Crippen LogP) is 0.927. The minimum Gasteiger partial charge on any atom is -0.395 e. The van der Waals surface area contributed by atoms with E-state index >= 15 is 0 Å². The van der Waals surface area contributed by atoms with E-state index in [1.54, 1.807) is 6.92 Å². The van der Waals surface area contributed by atoms with E-state index in [1.807, 2.05) is 13.8 Å². The quantitative estimate of drug-likeness (QED) is 0.667. The minimum absolute atomic E-state index is 0.561. The standard InChI is InChI=1S/C9H11N5/c1-4-7(10)9-8(5(2)11-4)12-6(3)13-14-9/h10H2,1-3H3. The van der Waals surface area contributed by atoms with Crippen LogP contribution in [0.3, 0.4) is 0 Å². The van der Waals surface area contributed by atoms with Crippen molar-refractivity contribution in [2.45, 2.75) is 20.8 Å². The third-order valence-corrected chi connectivity index (χ3v) is 2.12. The number of fused-ring (bicyclic) bond motifs is 1. The zero-order valence-corrected chi connectivity index (χ0v) is 8.37. The highest BCUT2D eigenvalue weighted by Gasteiger charge is 2.09. The van der Waals surface area contributed by atoms with Crippen molar-refractivity contribution < 1.29 is 0 Å². The molecule has 0 aromatic carbocycles. The molecule has 0 unspecified atom stereocenters. The van der Waals surface area contributed by atoms with E-state index in [0.717, 1.165) is 16.9 Å². The lowest BCUT2D eigenvalue weighted by Crippen LogP contribution is -2.03. The molecule has 0 saturated heterocycles. The van der Waals surface area contributed by atoms with Gasteiger partial charge in [0.25, 0.3) is 0 Å². The van der Waals surface area contributed by atoms with E-state index in [0.29, 0.717) is 17.0 Å². The van der Waals surface area contributed by atoms with Crippen LogP contribution in [0.4, 0.5) is 5.69 Å². The number of aryl methyl sites for hydroxylation is 3. The van der Waals surface area contributed by atoms with Gasteiger partial charge in [-0.15, -0.1) is 10.2 Å². The van der Waals surface area contributed by atoms with Crippen molar-refractivity contribution in [2.24, 2.45) is 0 Å². The summed E-state index contributed by atoms with van der Waals surface area (Å²) in [6.45, 7) is 5.54. The fraction of sp³-hybridized carbons (Fsp3) is 0.333. The van der Waals surface area contributed by atoms with Crippen molar-refractivity contribution in [3.05, 3.63) is 17.2 Å². The maximum absolute atomic E-state index is 5.83. The van der Waals surface area contributed by atoms with Gasteiger partial charge >= 0.3 is 0 Å². The van der Waals surface area contributed by atoms with Gasteiger partial charge in [-0.3, -0.25) is 4.98 Å². The number of nitrogens with two attached hydrogens (primary N) is 1. The molecule has 0 fully saturated rings. The van der Waals surface area contributed by atoms with Gasteiger partial charge in [0.1, 0.15) is 16.9 Å². The minimum atomic E-state index is 0.561. The highest BCUT2D eigenvalue weighted by atomic mass is 15.2. The van der Waals surface area contributed by atoms with Crippen LogP contribution in [0.25, 0.3) is 11.0 Å². The molecule has 0 aliphatic rings. The van der Waals surface area contributed by atoms with E-state index in [-0.39, 0.29) is 0 Å². The van der Waals surface area contributed by atoms with Gasteiger partial charge in [-0.2, -0.15) is 0 Å². The van der Waals surface area contributed by atoms with Crippen LogP contribution in [0.5, 0.6) is 0 Å². The van der Waals surface area contributed by atoms with Crippen molar-refractivity contribution in [1.29, 1.82) is 0 Å². The van der Waals surface area contributed by atoms with Gasteiger partial charge in [-0.05, 0) is 20.8 Å². The Bertz CT molecular complexity index is 506. The average molecular weight is 189 g/mol. The van der Waals surface area contributed by atoms with Gasteiger partial charge in [0.15, 0.2) is 0 Å². The Morgan fingerprint density at radius 1 is 0.857 bits per heavy atom. The van der Waals surface area contributed by atoms with Crippen LogP contribution in [0.1, 0.15) is 17.2 Å². The average Bonchev–Trinajstić information content (AvgIpc) is 2.14.